The predicted octanol–water partition coefficient (Wildman–Crippen LogP) is 7.06. The van der Waals surface area contributed by atoms with Gasteiger partial charge in [0.05, 0.1) is 16.7 Å². The number of rotatable bonds is 7. The van der Waals surface area contributed by atoms with Crippen LogP contribution in [0.2, 0.25) is 0 Å². The molecule has 0 aliphatic heterocycles. The van der Waals surface area contributed by atoms with Crippen molar-refractivity contribution in [2.75, 3.05) is 6.61 Å². The van der Waals surface area contributed by atoms with Crippen LogP contribution in [0.15, 0.2) is 93.3 Å². The van der Waals surface area contributed by atoms with Crippen LogP contribution in [0.5, 0.6) is 0 Å². The summed E-state index contributed by atoms with van der Waals surface area (Å²) in [6, 6.07) is 21.5. The first kappa shape index (κ1) is 23.0. The second kappa shape index (κ2) is 9.54. The minimum atomic E-state index is -0.290. The Kier molecular flexibility index (Phi) is 6.26. The predicted molar refractivity (Wildman–Crippen MR) is 140 cm³/mol. The zero-order valence-electron chi connectivity index (χ0n) is 20.5. The van der Waals surface area contributed by atoms with Gasteiger partial charge in [0.1, 0.15) is 10.5 Å². The van der Waals surface area contributed by atoms with Crippen LogP contribution >= 0.6 is 0 Å². The summed E-state index contributed by atoms with van der Waals surface area (Å²) >= 11 is 0. The third-order valence-corrected chi connectivity index (χ3v) is 11.1. The minimum absolute atomic E-state index is 0.0139. The fourth-order valence-electron chi connectivity index (χ4n) is 7.15. The summed E-state index contributed by atoms with van der Waals surface area (Å²) in [5, 5.41) is 0. The van der Waals surface area contributed by atoms with E-state index in [-0.39, 0.29) is 29.1 Å². The topological polar surface area (TPSA) is 35.5 Å². The number of allylic oxidation sites excluding steroid dienone is 4. The first-order valence-corrected chi connectivity index (χ1v) is 14.4. The number of esters is 1. The van der Waals surface area contributed by atoms with Gasteiger partial charge in [0, 0.05) is 12.8 Å². The van der Waals surface area contributed by atoms with Crippen LogP contribution in [0.3, 0.4) is 0 Å². The maximum atomic E-state index is 12.8. The second-order valence-corrected chi connectivity index (χ2v) is 13.0. The number of hydrogen-bond donors (Lipinski definition) is 0. The van der Waals surface area contributed by atoms with Gasteiger partial charge >= 0.3 is 5.97 Å². The average Bonchev–Trinajstić information content (AvgIpc) is 2.88. The minimum Gasteiger partial charge on any atom is -0.486 e. The van der Waals surface area contributed by atoms with Gasteiger partial charge in [0.15, 0.2) is 16.4 Å². The summed E-state index contributed by atoms with van der Waals surface area (Å²) in [6.45, 7) is 2.21. The summed E-state index contributed by atoms with van der Waals surface area (Å²) < 4.78 is 12.1. The van der Waals surface area contributed by atoms with Crippen LogP contribution in [0, 0.1) is 23.7 Å². The lowest BCUT2D eigenvalue weighted by molar-refractivity contribution is -0.205. The molecule has 2 aromatic carbocycles. The fourth-order valence-corrected chi connectivity index (χ4v) is 9.40. The normalized spacial score (nSPS) is 31.1. The Hall–Kier alpha value is -2.46. The molecule has 0 unspecified atom stereocenters. The van der Waals surface area contributed by atoms with Gasteiger partial charge in [-0.3, -0.25) is 0 Å². The average molecular weight is 488 g/mol. The summed E-state index contributed by atoms with van der Waals surface area (Å²) in [5.74, 6) is 3.48. The highest BCUT2D eigenvalue weighted by atomic mass is 32.2. The second-order valence-electron chi connectivity index (χ2n) is 10.9. The molecule has 182 valence electrons. The Morgan fingerprint density at radius 2 is 1.40 bits per heavy atom. The van der Waals surface area contributed by atoms with E-state index >= 15 is 0 Å². The molecule has 3 nitrogen and oxygen atoms in total. The van der Waals surface area contributed by atoms with E-state index in [0.717, 1.165) is 30.4 Å². The largest absolute Gasteiger partial charge is 0.486 e. The van der Waals surface area contributed by atoms with Gasteiger partial charge in [-0.1, -0.05) is 36.4 Å². The smallest absolute Gasteiger partial charge is 0.344 e. The van der Waals surface area contributed by atoms with E-state index in [4.69, 9.17) is 9.47 Å². The molecule has 0 radical (unpaired) electrons. The molecule has 5 aliphatic carbocycles. The van der Waals surface area contributed by atoms with Crippen molar-refractivity contribution < 1.29 is 14.3 Å². The van der Waals surface area contributed by atoms with E-state index < -0.39 is 0 Å². The molecule has 4 fully saturated rings. The van der Waals surface area contributed by atoms with E-state index in [1.165, 1.54) is 46.8 Å². The van der Waals surface area contributed by atoms with Gasteiger partial charge in [-0.25, -0.2) is 4.79 Å². The van der Waals surface area contributed by atoms with E-state index in [2.05, 4.69) is 79.7 Å². The van der Waals surface area contributed by atoms with E-state index in [9.17, 15) is 4.79 Å². The lowest BCUT2D eigenvalue weighted by Gasteiger charge is -2.59. The van der Waals surface area contributed by atoms with Gasteiger partial charge in [-0.15, -0.1) is 0 Å². The quantitative estimate of drug-likeness (QED) is 0.310. The lowest BCUT2D eigenvalue weighted by atomic mass is 9.50. The molecule has 0 spiro atoms. The molecule has 35 heavy (non-hydrogen) atoms. The Bertz CT molecular complexity index is 1050. The standard InChI is InChI=1S/C31H35O3S/c1-31(24-17-22-16-23(19-24)20-25(31)18-22)34-30(32)21-33-26-12-14-29(15-13-26)35(27-8-4-2-5-9-27)28-10-6-3-7-11-28/h2-12,14,22-25H,13,15-21H2,1H3/q+1. The molecule has 4 bridgehead atoms. The van der Waals surface area contributed by atoms with Crippen molar-refractivity contribution in [1.82, 2.24) is 0 Å². The molecule has 0 atom stereocenters. The van der Waals surface area contributed by atoms with Crippen molar-refractivity contribution in [3.63, 3.8) is 0 Å². The van der Waals surface area contributed by atoms with Crippen molar-refractivity contribution >= 4 is 16.9 Å². The van der Waals surface area contributed by atoms with Crippen molar-refractivity contribution in [2.45, 2.75) is 67.3 Å². The summed E-state index contributed by atoms with van der Waals surface area (Å²) in [7, 11) is -0.109. The van der Waals surface area contributed by atoms with Gasteiger partial charge in [-0.05, 0) is 99.1 Å². The molecule has 0 aromatic heterocycles. The molecular formula is C31H35O3S+. The van der Waals surface area contributed by atoms with Gasteiger partial charge in [-0.2, -0.15) is 0 Å². The first-order chi connectivity index (χ1) is 17.1. The highest BCUT2D eigenvalue weighted by Crippen LogP contribution is 2.59. The SMILES string of the molecule is CC1(OC(=O)COC2=CC=C([S+](c3ccccc3)c3ccccc3)CC2)C2CC3CC(C2)CC1C3. The fraction of sp³-hybridized carbons (Fsp3) is 0.452. The molecule has 4 saturated carbocycles. The highest BCUT2D eigenvalue weighted by molar-refractivity contribution is 8.00. The molecule has 2 aromatic rings. The highest BCUT2D eigenvalue weighted by Gasteiger charge is 2.57. The number of carbonyl (C=O) groups is 1. The maximum absolute atomic E-state index is 12.8. The number of hydrogen-bond acceptors (Lipinski definition) is 3. The Balaban J connectivity index is 1.11. The summed E-state index contributed by atoms with van der Waals surface area (Å²) in [4.78, 5) is 16.9. The summed E-state index contributed by atoms with van der Waals surface area (Å²) in [6.07, 6.45) is 12.4. The van der Waals surface area contributed by atoms with Crippen LogP contribution in [-0.2, 0) is 25.2 Å². The zero-order valence-corrected chi connectivity index (χ0v) is 21.3. The molecular weight excluding hydrogens is 452 g/mol. The van der Waals surface area contributed by atoms with Crippen LogP contribution in [0.25, 0.3) is 0 Å². The van der Waals surface area contributed by atoms with Crippen molar-refractivity contribution in [1.29, 1.82) is 0 Å². The van der Waals surface area contributed by atoms with Crippen molar-refractivity contribution in [3.05, 3.63) is 83.5 Å². The van der Waals surface area contributed by atoms with Crippen LogP contribution in [-0.4, -0.2) is 18.2 Å². The van der Waals surface area contributed by atoms with E-state index in [1.807, 2.05) is 0 Å². The van der Waals surface area contributed by atoms with E-state index in [1.54, 1.807) is 0 Å². The van der Waals surface area contributed by atoms with Crippen LogP contribution in [0.4, 0.5) is 0 Å². The number of carbonyl (C=O) groups excluding carboxylic acids is 1. The molecule has 0 heterocycles. The number of ether oxygens (including phenoxy) is 2. The van der Waals surface area contributed by atoms with Crippen LogP contribution in [0.1, 0.15) is 51.9 Å². The van der Waals surface area contributed by atoms with Crippen molar-refractivity contribution in [3.8, 4) is 0 Å². The molecule has 4 heteroatoms. The molecule has 0 N–H and O–H groups in total. The van der Waals surface area contributed by atoms with Crippen molar-refractivity contribution in [2.24, 2.45) is 23.7 Å². The monoisotopic (exact) mass is 487 g/mol. The molecule has 0 amide bonds. The van der Waals surface area contributed by atoms with E-state index in [0.29, 0.717) is 11.8 Å². The molecule has 5 aliphatic rings. The lowest BCUT2D eigenvalue weighted by Crippen LogP contribution is -2.58. The number of benzene rings is 2. The Labute approximate surface area is 211 Å². The third-order valence-electron chi connectivity index (χ3n) is 8.76. The zero-order chi connectivity index (χ0) is 23.8. The molecule has 0 saturated heterocycles. The Morgan fingerprint density at radius 3 is 1.91 bits per heavy atom. The summed E-state index contributed by atoms with van der Waals surface area (Å²) in [5.41, 5.74) is -0.290. The maximum Gasteiger partial charge on any atom is 0.344 e. The van der Waals surface area contributed by atoms with Crippen LogP contribution < -0.4 is 0 Å². The van der Waals surface area contributed by atoms with Gasteiger partial charge in [0.2, 0.25) is 0 Å². The van der Waals surface area contributed by atoms with Gasteiger partial charge in [0.25, 0.3) is 0 Å². The Morgan fingerprint density at radius 1 is 0.829 bits per heavy atom. The van der Waals surface area contributed by atoms with Gasteiger partial charge < -0.3 is 9.47 Å². The molecule has 7 rings (SSSR count). The first-order valence-electron chi connectivity index (χ1n) is 13.2. The third kappa shape index (κ3) is 4.58.